The van der Waals surface area contributed by atoms with Crippen LogP contribution in [0, 0.1) is 12.7 Å². The average Bonchev–Trinajstić information content (AvgIpc) is 2.83. The van der Waals surface area contributed by atoms with Crippen LogP contribution in [0.4, 0.5) is 4.39 Å². The molecule has 0 saturated carbocycles. The summed E-state index contributed by atoms with van der Waals surface area (Å²) in [4.78, 5) is 20.6. The number of halogens is 1. The molecule has 0 radical (unpaired) electrons. The van der Waals surface area contributed by atoms with Crippen molar-refractivity contribution in [3.8, 4) is 5.69 Å². The van der Waals surface area contributed by atoms with Gasteiger partial charge in [0, 0.05) is 11.1 Å². The van der Waals surface area contributed by atoms with Gasteiger partial charge in [-0.15, -0.1) is 0 Å². The second-order valence-electron chi connectivity index (χ2n) is 5.64. The van der Waals surface area contributed by atoms with Crippen molar-refractivity contribution in [2.24, 2.45) is 4.99 Å². The van der Waals surface area contributed by atoms with Gasteiger partial charge in [0.25, 0.3) is 0 Å². The number of fused-ring (bicyclic) bond motifs is 3. The summed E-state index contributed by atoms with van der Waals surface area (Å²) in [5, 5.41) is 0. The minimum atomic E-state index is -0.342. The molecule has 0 N–H and O–H groups in total. The number of hydrogen-bond acceptors (Lipinski definition) is 3. The molecule has 0 fully saturated rings. The van der Waals surface area contributed by atoms with E-state index in [0.29, 0.717) is 40.7 Å². The first kappa shape index (κ1) is 14.5. The Morgan fingerprint density at radius 1 is 1.17 bits per heavy atom. The van der Waals surface area contributed by atoms with Crippen LogP contribution in [-0.2, 0) is 6.54 Å². The van der Waals surface area contributed by atoms with Gasteiger partial charge in [0.2, 0.25) is 0 Å². The van der Waals surface area contributed by atoms with Crippen LogP contribution in [0.1, 0.15) is 33.1 Å². The zero-order valence-corrected chi connectivity index (χ0v) is 13.0. The largest absolute Gasteiger partial charge is 0.296 e. The van der Waals surface area contributed by atoms with Gasteiger partial charge in [0.1, 0.15) is 17.3 Å². The van der Waals surface area contributed by atoms with Crippen molar-refractivity contribution in [2.75, 3.05) is 0 Å². The summed E-state index contributed by atoms with van der Waals surface area (Å²) in [5.41, 5.74) is 4.09. The highest BCUT2D eigenvalue weighted by Crippen LogP contribution is 2.28. The van der Waals surface area contributed by atoms with Crippen LogP contribution in [0.25, 0.3) is 5.69 Å². The first-order chi connectivity index (χ1) is 11.7. The molecule has 0 amide bonds. The van der Waals surface area contributed by atoms with E-state index in [-0.39, 0.29) is 5.82 Å². The lowest BCUT2D eigenvalue weighted by molar-refractivity contribution is 0.111. The Bertz CT molecular complexity index is 974. The van der Waals surface area contributed by atoms with E-state index in [9.17, 15) is 9.18 Å². The number of aliphatic imine (C=N–C) groups is 1. The summed E-state index contributed by atoms with van der Waals surface area (Å²) in [6.45, 7) is 2.12. The molecule has 5 heteroatoms. The summed E-state index contributed by atoms with van der Waals surface area (Å²) >= 11 is 0. The molecule has 4 nitrogen and oxygen atoms in total. The van der Waals surface area contributed by atoms with Gasteiger partial charge in [0.15, 0.2) is 6.29 Å². The monoisotopic (exact) mass is 319 g/mol. The van der Waals surface area contributed by atoms with Gasteiger partial charge < -0.3 is 0 Å². The Balaban J connectivity index is 2.03. The lowest BCUT2D eigenvalue weighted by Crippen LogP contribution is -2.09. The molecule has 0 spiro atoms. The highest BCUT2D eigenvalue weighted by molar-refractivity contribution is 6.15. The predicted octanol–water partition coefficient (Wildman–Crippen LogP) is 3.48. The zero-order valence-electron chi connectivity index (χ0n) is 13.0. The molecule has 0 aliphatic carbocycles. The van der Waals surface area contributed by atoms with Gasteiger partial charge >= 0.3 is 0 Å². The van der Waals surface area contributed by atoms with Gasteiger partial charge in [-0.2, -0.15) is 0 Å². The summed E-state index contributed by atoms with van der Waals surface area (Å²) < 4.78 is 15.7. The molecule has 0 saturated heterocycles. The SMILES string of the molecule is Cc1nc2n(c1C=O)-c1ccc(F)cc1C(c1ccccc1)=NC2. The highest BCUT2D eigenvalue weighted by Gasteiger charge is 2.23. The van der Waals surface area contributed by atoms with Crippen molar-refractivity contribution >= 4 is 12.0 Å². The number of aryl methyl sites for hydroxylation is 1. The Morgan fingerprint density at radius 3 is 2.71 bits per heavy atom. The van der Waals surface area contributed by atoms with Crippen molar-refractivity contribution in [3.63, 3.8) is 0 Å². The van der Waals surface area contributed by atoms with E-state index in [2.05, 4.69) is 9.98 Å². The minimum Gasteiger partial charge on any atom is -0.296 e. The van der Waals surface area contributed by atoms with Crippen molar-refractivity contribution in [1.82, 2.24) is 9.55 Å². The third kappa shape index (κ3) is 2.17. The number of aromatic nitrogens is 2. The molecule has 3 aromatic rings. The molecule has 0 bridgehead atoms. The van der Waals surface area contributed by atoms with E-state index in [1.165, 1.54) is 12.1 Å². The van der Waals surface area contributed by atoms with Crippen LogP contribution in [-0.4, -0.2) is 21.5 Å². The van der Waals surface area contributed by atoms with Crippen molar-refractivity contribution in [3.05, 3.63) is 82.7 Å². The summed E-state index contributed by atoms with van der Waals surface area (Å²) in [6, 6.07) is 14.2. The van der Waals surface area contributed by atoms with Gasteiger partial charge in [-0.05, 0) is 25.1 Å². The molecular weight excluding hydrogens is 305 g/mol. The van der Waals surface area contributed by atoms with E-state index in [1.54, 1.807) is 17.6 Å². The second kappa shape index (κ2) is 5.53. The van der Waals surface area contributed by atoms with Crippen molar-refractivity contribution in [2.45, 2.75) is 13.5 Å². The molecule has 0 atom stereocenters. The van der Waals surface area contributed by atoms with E-state index in [4.69, 9.17) is 0 Å². The summed E-state index contributed by atoms with van der Waals surface area (Å²) in [7, 11) is 0. The quantitative estimate of drug-likeness (QED) is 0.679. The van der Waals surface area contributed by atoms with Gasteiger partial charge in [-0.25, -0.2) is 9.37 Å². The number of carbonyl (C=O) groups excluding carboxylic acids is 1. The van der Waals surface area contributed by atoms with Crippen LogP contribution >= 0.6 is 0 Å². The van der Waals surface area contributed by atoms with E-state index < -0.39 is 0 Å². The molecule has 1 aliphatic heterocycles. The Labute approximate surface area is 138 Å². The first-order valence-corrected chi connectivity index (χ1v) is 7.62. The van der Waals surface area contributed by atoms with Crippen molar-refractivity contribution < 1.29 is 9.18 Å². The number of rotatable bonds is 2. The number of aldehydes is 1. The Hall–Kier alpha value is -3.08. The fourth-order valence-corrected chi connectivity index (χ4v) is 3.09. The number of imidazole rings is 1. The Morgan fingerprint density at radius 2 is 1.96 bits per heavy atom. The van der Waals surface area contributed by atoms with E-state index >= 15 is 0 Å². The lowest BCUT2D eigenvalue weighted by atomic mass is 10.00. The van der Waals surface area contributed by atoms with Gasteiger partial charge in [-0.3, -0.25) is 14.4 Å². The molecule has 118 valence electrons. The molecule has 24 heavy (non-hydrogen) atoms. The van der Waals surface area contributed by atoms with Crippen LogP contribution in [0.2, 0.25) is 0 Å². The third-order valence-corrected chi connectivity index (χ3v) is 4.16. The molecule has 1 aliphatic rings. The second-order valence-corrected chi connectivity index (χ2v) is 5.64. The number of carbonyl (C=O) groups is 1. The zero-order chi connectivity index (χ0) is 16.7. The summed E-state index contributed by atoms with van der Waals surface area (Å²) in [5.74, 6) is 0.332. The molecule has 1 aromatic heterocycles. The van der Waals surface area contributed by atoms with Crippen LogP contribution in [0.5, 0.6) is 0 Å². The predicted molar refractivity (Wildman–Crippen MR) is 89.4 cm³/mol. The topological polar surface area (TPSA) is 47.2 Å². The van der Waals surface area contributed by atoms with E-state index in [0.717, 1.165) is 11.8 Å². The van der Waals surface area contributed by atoms with Crippen LogP contribution < -0.4 is 0 Å². The standard InChI is InChI=1S/C19H14FN3O/c1-12-17(11-24)23-16-8-7-14(20)9-15(16)19(21-10-18(23)22-12)13-5-3-2-4-6-13/h2-9,11H,10H2,1H3. The maximum absolute atomic E-state index is 13.9. The minimum absolute atomic E-state index is 0.329. The van der Waals surface area contributed by atoms with Crippen LogP contribution in [0.15, 0.2) is 53.5 Å². The fourth-order valence-electron chi connectivity index (χ4n) is 3.09. The molecule has 4 rings (SSSR count). The highest BCUT2D eigenvalue weighted by atomic mass is 19.1. The Kier molecular flexibility index (Phi) is 3.34. The lowest BCUT2D eigenvalue weighted by Gasteiger charge is -2.13. The molecule has 2 heterocycles. The number of benzene rings is 2. The van der Waals surface area contributed by atoms with E-state index in [1.807, 2.05) is 30.3 Å². The first-order valence-electron chi connectivity index (χ1n) is 7.62. The smallest absolute Gasteiger partial charge is 0.168 e. The average molecular weight is 319 g/mol. The number of nitrogens with zero attached hydrogens (tertiary/aromatic N) is 3. The maximum atomic E-state index is 13.9. The molecular formula is C19H14FN3O. The third-order valence-electron chi connectivity index (χ3n) is 4.16. The molecule has 2 aromatic carbocycles. The maximum Gasteiger partial charge on any atom is 0.168 e. The van der Waals surface area contributed by atoms with Gasteiger partial charge in [0.05, 0.1) is 23.6 Å². The summed E-state index contributed by atoms with van der Waals surface area (Å²) in [6.07, 6.45) is 0.784. The van der Waals surface area contributed by atoms with Gasteiger partial charge in [-0.1, -0.05) is 30.3 Å². The molecule has 0 unspecified atom stereocenters. The normalized spacial score (nSPS) is 12.8. The number of hydrogen-bond donors (Lipinski definition) is 0. The van der Waals surface area contributed by atoms with Crippen LogP contribution in [0.3, 0.4) is 0 Å². The fraction of sp³-hybridized carbons (Fsp3) is 0.105. The van der Waals surface area contributed by atoms with Crippen molar-refractivity contribution in [1.29, 1.82) is 0 Å².